The van der Waals surface area contributed by atoms with Gasteiger partial charge in [-0.05, 0) is 25.0 Å². The van der Waals surface area contributed by atoms with Crippen molar-refractivity contribution in [2.75, 3.05) is 5.75 Å². The molecule has 1 aromatic rings. The zero-order valence-corrected chi connectivity index (χ0v) is 14.5. The average molecular weight is 369 g/mol. The average Bonchev–Trinajstić information content (AvgIpc) is 3.10. The maximum absolute atomic E-state index is 13.5. The molecule has 3 atom stereocenters. The Morgan fingerprint density at radius 1 is 1.24 bits per heavy atom. The van der Waals surface area contributed by atoms with E-state index in [9.17, 15) is 18.4 Å². The molecule has 0 aromatic heterocycles. The normalized spacial score (nSPS) is 24.6. The quantitative estimate of drug-likeness (QED) is 0.510. The Labute approximate surface area is 149 Å². The van der Waals surface area contributed by atoms with Crippen LogP contribution in [-0.2, 0) is 11.3 Å². The number of nitrogens with one attached hydrogen (secondary N) is 3. The number of carbonyl (C=O) groups excluding carboxylic acids is 2. The number of amides is 3. The molecule has 3 amide bonds. The number of hydrogen-bond donors (Lipinski definition) is 3. The van der Waals surface area contributed by atoms with E-state index in [1.54, 1.807) is 0 Å². The summed E-state index contributed by atoms with van der Waals surface area (Å²) in [7, 11) is 0. The molecule has 1 aromatic carbocycles. The van der Waals surface area contributed by atoms with Crippen molar-refractivity contribution in [3.63, 3.8) is 0 Å². The minimum Gasteiger partial charge on any atom is -0.352 e. The molecule has 2 heterocycles. The van der Waals surface area contributed by atoms with E-state index in [2.05, 4.69) is 16.0 Å². The standard InChI is InChI=1S/C17H21F2N3O2S/c18-11-4-3-5-12(19)10(11)8-20-15(23)7-2-1-6-14-16-13(9-25-14)21-17(24)22-16/h3-5,13-14,16H,1-2,6-9H2,(H,20,23)(H2,21,22,24)/t13-,14-,16-/m0/s1. The molecule has 2 aliphatic heterocycles. The Balaban J connectivity index is 1.34. The number of thioether (sulfide) groups is 1. The second-order valence-electron chi connectivity index (χ2n) is 6.34. The first-order valence-electron chi connectivity index (χ1n) is 8.43. The fraction of sp³-hybridized carbons (Fsp3) is 0.529. The van der Waals surface area contributed by atoms with Crippen LogP contribution in [0, 0.1) is 11.6 Å². The highest BCUT2D eigenvalue weighted by Crippen LogP contribution is 2.33. The predicted molar refractivity (Wildman–Crippen MR) is 92.2 cm³/mol. The van der Waals surface area contributed by atoms with E-state index in [-0.39, 0.29) is 36.1 Å². The molecule has 25 heavy (non-hydrogen) atoms. The fourth-order valence-electron chi connectivity index (χ4n) is 3.25. The Hall–Kier alpha value is -1.83. The van der Waals surface area contributed by atoms with Crippen molar-refractivity contribution in [1.82, 2.24) is 16.0 Å². The van der Waals surface area contributed by atoms with Crippen LogP contribution in [0.1, 0.15) is 31.2 Å². The molecule has 136 valence electrons. The van der Waals surface area contributed by atoms with Gasteiger partial charge in [0, 0.05) is 29.5 Å². The van der Waals surface area contributed by atoms with Crippen LogP contribution in [0.15, 0.2) is 18.2 Å². The largest absolute Gasteiger partial charge is 0.352 e. The molecule has 0 bridgehead atoms. The van der Waals surface area contributed by atoms with Gasteiger partial charge in [0.25, 0.3) is 0 Å². The predicted octanol–water partition coefficient (Wildman–Crippen LogP) is 2.31. The van der Waals surface area contributed by atoms with Gasteiger partial charge in [0.15, 0.2) is 0 Å². The summed E-state index contributed by atoms with van der Waals surface area (Å²) in [6.07, 6.45) is 2.84. The second-order valence-corrected chi connectivity index (χ2v) is 7.62. The summed E-state index contributed by atoms with van der Waals surface area (Å²) < 4.78 is 27.0. The van der Waals surface area contributed by atoms with Crippen LogP contribution in [0.2, 0.25) is 0 Å². The molecule has 3 N–H and O–H groups in total. The summed E-state index contributed by atoms with van der Waals surface area (Å²) in [6, 6.07) is 3.93. The van der Waals surface area contributed by atoms with Crippen molar-refractivity contribution in [2.45, 2.75) is 49.6 Å². The van der Waals surface area contributed by atoms with Gasteiger partial charge in [-0.1, -0.05) is 12.5 Å². The van der Waals surface area contributed by atoms with Gasteiger partial charge >= 0.3 is 6.03 Å². The highest BCUT2D eigenvalue weighted by molar-refractivity contribution is 8.00. The molecule has 2 fully saturated rings. The summed E-state index contributed by atoms with van der Waals surface area (Å²) in [6.45, 7) is -0.142. The zero-order chi connectivity index (χ0) is 17.8. The Morgan fingerprint density at radius 2 is 2.00 bits per heavy atom. The second kappa shape index (κ2) is 8.03. The highest BCUT2D eigenvalue weighted by Gasteiger charge is 2.42. The molecular weight excluding hydrogens is 348 g/mol. The number of carbonyl (C=O) groups is 2. The zero-order valence-electron chi connectivity index (χ0n) is 13.7. The number of fused-ring (bicyclic) bond motifs is 1. The molecular formula is C17H21F2N3O2S. The Bertz CT molecular complexity index is 639. The minimum atomic E-state index is -0.652. The summed E-state index contributed by atoms with van der Waals surface area (Å²) >= 11 is 1.84. The minimum absolute atomic E-state index is 0.0972. The molecule has 3 rings (SSSR count). The molecule has 0 aliphatic carbocycles. The highest BCUT2D eigenvalue weighted by atomic mass is 32.2. The number of urea groups is 1. The van der Waals surface area contributed by atoms with Gasteiger partial charge in [-0.15, -0.1) is 0 Å². The number of rotatable bonds is 7. The van der Waals surface area contributed by atoms with Crippen molar-refractivity contribution in [1.29, 1.82) is 0 Å². The smallest absolute Gasteiger partial charge is 0.315 e. The van der Waals surface area contributed by atoms with E-state index in [0.717, 1.165) is 18.6 Å². The van der Waals surface area contributed by atoms with Gasteiger partial charge in [0.2, 0.25) is 5.91 Å². The maximum Gasteiger partial charge on any atom is 0.315 e. The fourth-order valence-corrected chi connectivity index (χ4v) is 4.79. The number of halogens is 2. The molecule has 8 heteroatoms. The molecule has 5 nitrogen and oxygen atoms in total. The van der Waals surface area contributed by atoms with Crippen LogP contribution >= 0.6 is 11.8 Å². The molecule has 0 unspecified atom stereocenters. The van der Waals surface area contributed by atoms with E-state index < -0.39 is 11.6 Å². The summed E-state index contributed by atoms with van der Waals surface area (Å²) in [4.78, 5) is 23.2. The van der Waals surface area contributed by atoms with E-state index in [0.29, 0.717) is 18.1 Å². The number of benzene rings is 1. The third kappa shape index (κ3) is 4.42. The van der Waals surface area contributed by atoms with Crippen LogP contribution in [0.3, 0.4) is 0 Å². The molecule has 2 saturated heterocycles. The Kier molecular flexibility index (Phi) is 5.78. The topological polar surface area (TPSA) is 70.2 Å². The van der Waals surface area contributed by atoms with Crippen molar-refractivity contribution in [3.05, 3.63) is 35.4 Å². The molecule has 2 aliphatic rings. The lowest BCUT2D eigenvalue weighted by atomic mass is 10.0. The summed E-state index contributed by atoms with van der Waals surface area (Å²) in [5.41, 5.74) is -0.117. The van der Waals surface area contributed by atoms with E-state index in [1.807, 2.05) is 11.8 Å². The molecule has 0 spiro atoms. The Morgan fingerprint density at radius 3 is 2.76 bits per heavy atom. The van der Waals surface area contributed by atoms with Gasteiger partial charge in [-0.2, -0.15) is 11.8 Å². The lowest BCUT2D eigenvalue weighted by molar-refractivity contribution is -0.121. The monoisotopic (exact) mass is 369 g/mol. The first kappa shape index (κ1) is 18.0. The first-order valence-corrected chi connectivity index (χ1v) is 9.47. The third-order valence-corrected chi connectivity index (χ3v) is 6.11. The third-order valence-electron chi connectivity index (χ3n) is 4.60. The first-order chi connectivity index (χ1) is 12.0. The van der Waals surface area contributed by atoms with E-state index >= 15 is 0 Å². The van der Waals surface area contributed by atoms with Crippen LogP contribution in [-0.4, -0.2) is 35.0 Å². The van der Waals surface area contributed by atoms with Crippen LogP contribution in [0.25, 0.3) is 0 Å². The van der Waals surface area contributed by atoms with E-state index in [4.69, 9.17) is 0 Å². The van der Waals surface area contributed by atoms with Crippen molar-refractivity contribution < 1.29 is 18.4 Å². The van der Waals surface area contributed by atoms with Crippen molar-refractivity contribution in [3.8, 4) is 0 Å². The SMILES string of the molecule is O=C(CCCC[C@@H]1SC[C@@H]2NC(=O)N[C@@H]21)NCc1c(F)cccc1F. The maximum atomic E-state index is 13.5. The number of hydrogen-bond acceptors (Lipinski definition) is 3. The van der Waals surface area contributed by atoms with Gasteiger partial charge < -0.3 is 16.0 Å². The molecule has 0 saturated carbocycles. The summed E-state index contributed by atoms with van der Waals surface area (Å²) in [5, 5.41) is 8.78. The van der Waals surface area contributed by atoms with Gasteiger partial charge in [0.05, 0.1) is 12.1 Å². The van der Waals surface area contributed by atoms with Gasteiger partial charge in [-0.25, -0.2) is 13.6 Å². The summed E-state index contributed by atoms with van der Waals surface area (Å²) in [5.74, 6) is -0.598. The van der Waals surface area contributed by atoms with E-state index in [1.165, 1.54) is 18.2 Å². The van der Waals surface area contributed by atoms with Gasteiger partial charge in [-0.3, -0.25) is 4.79 Å². The lowest BCUT2D eigenvalue weighted by Gasteiger charge is -2.16. The van der Waals surface area contributed by atoms with Crippen molar-refractivity contribution >= 4 is 23.7 Å². The van der Waals surface area contributed by atoms with Crippen molar-refractivity contribution in [2.24, 2.45) is 0 Å². The van der Waals surface area contributed by atoms with Gasteiger partial charge in [0.1, 0.15) is 11.6 Å². The van der Waals surface area contributed by atoms with Crippen LogP contribution in [0.5, 0.6) is 0 Å². The number of unbranched alkanes of at least 4 members (excludes halogenated alkanes) is 1. The van der Waals surface area contributed by atoms with Crippen LogP contribution in [0.4, 0.5) is 13.6 Å². The lowest BCUT2D eigenvalue weighted by Crippen LogP contribution is -2.36. The molecule has 0 radical (unpaired) electrons. The van der Waals surface area contributed by atoms with Crippen LogP contribution < -0.4 is 16.0 Å².